The third-order valence-corrected chi connectivity index (χ3v) is 9.05. The zero-order valence-corrected chi connectivity index (χ0v) is 20.7. The molecule has 1 atom stereocenters. The smallest absolute Gasteiger partial charge is 0.322 e. The number of piperidine rings is 1. The molecule has 1 aromatic carbocycles. The standard InChI is InChI=1S/C22H30N4O5S2/c1-4-26(5-2)33(29,30)20-12-11-19(32-20)24-22(28)25-13-7-8-16(15-25)21(27)23-17-9-6-10-18(14-17)31-3/h6,9-12,14,16H,4-5,7-8,13,15H2,1-3H3,(H,23,27)(H,24,28). The van der Waals surface area contributed by atoms with E-state index < -0.39 is 10.0 Å². The van der Waals surface area contributed by atoms with Gasteiger partial charge in [0.1, 0.15) is 9.96 Å². The molecule has 33 heavy (non-hydrogen) atoms. The van der Waals surface area contributed by atoms with Crippen molar-refractivity contribution in [2.45, 2.75) is 30.9 Å². The SMILES string of the molecule is CCN(CC)S(=O)(=O)c1ccc(NC(=O)N2CCCC(C(=O)Nc3cccc(OC)c3)C2)s1. The molecule has 2 aromatic rings. The summed E-state index contributed by atoms with van der Waals surface area (Å²) in [5, 5.41) is 6.12. The number of nitrogens with one attached hydrogen (secondary N) is 2. The molecule has 1 fully saturated rings. The van der Waals surface area contributed by atoms with Gasteiger partial charge in [-0.25, -0.2) is 13.2 Å². The van der Waals surface area contributed by atoms with E-state index in [1.807, 2.05) is 0 Å². The molecule has 11 heteroatoms. The van der Waals surface area contributed by atoms with Crippen molar-refractivity contribution in [3.05, 3.63) is 36.4 Å². The van der Waals surface area contributed by atoms with Crippen LogP contribution in [0.3, 0.4) is 0 Å². The van der Waals surface area contributed by atoms with Gasteiger partial charge in [-0.1, -0.05) is 19.9 Å². The van der Waals surface area contributed by atoms with Gasteiger partial charge >= 0.3 is 6.03 Å². The van der Waals surface area contributed by atoms with Gasteiger partial charge in [-0.05, 0) is 37.1 Å². The van der Waals surface area contributed by atoms with Gasteiger partial charge in [-0.3, -0.25) is 10.1 Å². The Morgan fingerprint density at radius 3 is 2.64 bits per heavy atom. The first-order valence-electron chi connectivity index (χ1n) is 10.9. The summed E-state index contributed by atoms with van der Waals surface area (Å²) in [6.07, 6.45) is 1.39. The highest BCUT2D eigenvalue weighted by molar-refractivity contribution is 7.91. The van der Waals surface area contributed by atoms with Gasteiger partial charge in [0.05, 0.1) is 18.0 Å². The molecule has 9 nitrogen and oxygen atoms in total. The Balaban J connectivity index is 1.61. The fraction of sp³-hybridized carbons (Fsp3) is 0.455. The molecule has 0 radical (unpaired) electrons. The summed E-state index contributed by atoms with van der Waals surface area (Å²) >= 11 is 1.02. The van der Waals surface area contributed by atoms with E-state index >= 15 is 0 Å². The zero-order chi connectivity index (χ0) is 24.0. The number of rotatable bonds is 8. The number of ether oxygens (including phenoxy) is 1. The molecule has 1 aromatic heterocycles. The van der Waals surface area contributed by atoms with E-state index in [0.29, 0.717) is 48.9 Å². The number of hydrogen-bond acceptors (Lipinski definition) is 6. The van der Waals surface area contributed by atoms with Crippen molar-refractivity contribution in [2.75, 3.05) is 43.9 Å². The number of amides is 3. The number of carbonyl (C=O) groups is 2. The summed E-state index contributed by atoms with van der Waals surface area (Å²) in [6.45, 7) is 5.16. The fourth-order valence-corrected chi connectivity index (χ4v) is 6.53. The number of methoxy groups -OCH3 is 1. The molecular weight excluding hydrogens is 464 g/mol. The Morgan fingerprint density at radius 1 is 1.18 bits per heavy atom. The lowest BCUT2D eigenvalue weighted by Crippen LogP contribution is -2.45. The van der Waals surface area contributed by atoms with Crippen LogP contribution in [0.25, 0.3) is 0 Å². The lowest BCUT2D eigenvalue weighted by atomic mass is 9.97. The number of hydrogen-bond donors (Lipinski definition) is 2. The molecule has 1 unspecified atom stereocenters. The molecule has 2 heterocycles. The molecule has 180 valence electrons. The van der Waals surface area contributed by atoms with Crippen molar-refractivity contribution in [2.24, 2.45) is 5.92 Å². The van der Waals surface area contributed by atoms with Gasteiger partial charge < -0.3 is 15.0 Å². The molecule has 1 aliphatic rings. The number of thiophene rings is 1. The minimum absolute atomic E-state index is 0.149. The molecule has 0 aliphatic carbocycles. The maximum Gasteiger partial charge on any atom is 0.322 e. The molecule has 3 rings (SSSR count). The second-order valence-corrected chi connectivity index (χ2v) is 10.9. The highest BCUT2D eigenvalue weighted by Crippen LogP contribution is 2.29. The lowest BCUT2D eigenvalue weighted by Gasteiger charge is -2.31. The van der Waals surface area contributed by atoms with E-state index in [1.54, 1.807) is 56.2 Å². The number of urea groups is 1. The Kier molecular flexibility index (Phi) is 8.33. The maximum absolute atomic E-state index is 12.8. The first kappa shape index (κ1) is 25.0. The van der Waals surface area contributed by atoms with Crippen molar-refractivity contribution in [3.63, 3.8) is 0 Å². The van der Waals surface area contributed by atoms with Crippen LogP contribution in [0, 0.1) is 5.92 Å². The number of carbonyl (C=O) groups excluding carboxylic acids is 2. The van der Waals surface area contributed by atoms with Crippen LogP contribution < -0.4 is 15.4 Å². The first-order valence-corrected chi connectivity index (χ1v) is 13.1. The van der Waals surface area contributed by atoms with Gasteiger partial charge in [0, 0.05) is 37.9 Å². The summed E-state index contributed by atoms with van der Waals surface area (Å²) in [6, 6.07) is 9.88. The van der Waals surface area contributed by atoms with Crippen molar-refractivity contribution in [1.29, 1.82) is 0 Å². The van der Waals surface area contributed by atoms with E-state index in [1.165, 1.54) is 10.4 Å². The molecule has 1 aliphatic heterocycles. The maximum atomic E-state index is 12.8. The van der Waals surface area contributed by atoms with Gasteiger partial charge in [0.15, 0.2) is 0 Å². The third kappa shape index (κ3) is 6.04. The molecule has 0 spiro atoms. The Hall–Kier alpha value is -2.63. The highest BCUT2D eigenvalue weighted by Gasteiger charge is 2.29. The lowest BCUT2D eigenvalue weighted by molar-refractivity contribution is -0.121. The Morgan fingerprint density at radius 2 is 1.94 bits per heavy atom. The average Bonchev–Trinajstić information content (AvgIpc) is 3.29. The summed E-state index contributed by atoms with van der Waals surface area (Å²) in [5.74, 6) is 0.165. The molecular formula is C22H30N4O5S2. The third-order valence-electron chi connectivity index (χ3n) is 5.53. The van der Waals surface area contributed by atoms with Crippen LogP contribution in [-0.2, 0) is 14.8 Å². The monoisotopic (exact) mass is 494 g/mol. The molecule has 2 N–H and O–H groups in total. The number of likely N-dealkylation sites (tertiary alicyclic amines) is 1. The van der Waals surface area contributed by atoms with Gasteiger partial charge in [-0.2, -0.15) is 4.31 Å². The number of nitrogens with zero attached hydrogens (tertiary/aromatic N) is 2. The molecule has 0 bridgehead atoms. The van der Waals surface area contributed by atoms with Gasteiger partial charge in [-0.15, -0.1) is 11.3 Å². The summed E-state index contributed by atoms with van der Waals surface area (Å²) in [5.41, 5.74) is 0.640. The van der Waals surface area contributed by atoms with Crippen molar-refractivity contribution in [3.8, 4) is 5.75 Å². The van der Waals surface area contributed by atoms with Gasteiger partial charge in [0.2, 0.25) is 5.91 Å². The van der Waals surface area contributed by atoms with E-state index in [9.17, 15) is 18.0 Å². The average molecular weight is 495 g/mol. The normalized spacial score (nSPS) is 16.5. The first-order chi connectivity index (χ1) is 15.8. The predicted octanol–water partition coefficient (Wildman–Crippen LogP) is 3.67. The summed E-state index contributed by atoms with van der Waals surface area (Å²) in [7, 11) is -2.01. The number of benzene rings is 1. The zero-order valence-electron chi connectivity index (χ0n) is 19.0. The van der Waals surface area contributed by atoms with E-state index in [-0.39, 0.29) is 28.6 Å². The Bertz CT molecular complexity index is 1080. The number of anilines is 2. The highest BCUT2D eigenvalue weighted by atomic mass is 32.2. The van der Waals surface area contributed by atoms with Crippen molar-refractivity contribution < 1.29 is 22.7 Å². The topological polar surface area (TPSA) is 108 Å². The largest absolute Gasteiger partial charge is 0.497 e. The fourth-order valence-electron chi connectivity index (χ4n) is 3.72. The van der Waals surface area contributed by atoms with Crippen LogP contribution in [0.2, 0.25) is 0 Å². The van der Waals surface area contributed by atoms with E-state index in [2.05, 4.69) is 10.6 Å². The summed E-state index contributed by atoms with van der Waals surface area (Å²) < 4.78 is 32.1. The van der Waals surface area contributed by atoms with E-state index in [4.69, 9.17) is 4.74 Å². The second-order valence-electron chi connectivity index (χ2n) is 7.64. The van der Waals surface area contributed by atoms with Crippen molar-refractivity contribution in [1.82, 2.24) is 9.21 Å². The van der Waals surface area contributed by atoms with Crippen molar-refractivity contribution >= 4 is 44.0 Å². The quantitative estimate of drug-likeness (QED) is 0.582. The van der Waals surface area contributed by atoms with Crippen LogP contribution in [0.1, 0.15) is 26.7 Å². The van der Waals surface area contributed by atoms with E-state index in [0.717, 1.165) is 11.3 Å². The van der Waals surface area contributed by atoms with Crippen LogP contribution >= 0.6 is 11.3 Å². The molecule has 0 saturated carbocycles. The number of sulfonamides is 1. The van der Waals surface area contributed by atoms with Crippen LogP contribution in [0.4, 0.5) is 15.5 Å². The van der Waals surface area contributed by atoms with Crippen LogP contribution in [0.15, 0.2) is 40.6 Å². The van der Waals surface area contributed by atoms with Crippen LogP contribution in [0.5, 0.6) is 5.75 Å². The Labute approximate surface area is 198 Å². The minimum atomic E-state index is -3.57. The second kappa shape index (κ2) is 11.0. The predicted molar refractivity (Wildman–Crippen MR) is 129 cm³/mol. The van der Waals surface area contributed by atoms with Crippen LogP contribution in [-0.4, -0.2) is 62.9 Å². The minimum Gasteiger partial charge on any atom is -0.497 e. The molecule has 1 saturated heterocycles. The van der Waals surface area contributed by atoms with Gasteiger partial charge in [0.25, 0.3) is 10.0 Å². The molecule has 3 amide bonds. The summed E-state index contributed by atoms with van der Waals surface area (Å²) in [4.78, 5) is 27.1.